The number of hydrogen-bond acceptors (Lipinski definition) is 2. The summed E-state index contributed by atoms with van der Waals surface area (Å²) in [7, 11) is 0. The summed E-state index contributed by atoms with van der Waals surface area (Å²) >= 11 is 0. The van der Waals surface area contributed by atoms with Gasteiger partial charge < -0.3 is 15.0 Å². The van der Waals surface area contributed by atoms with E-state index < -0.39 is 0 Å². The van der Waals surface area contributed by atoms with Crippen molar-refractivity contribution in [2.75, 3.05) is 13.2 Å². The van der Waals surface area contributed by atoms with E-state index in [0.29, 0.717) is 19.8 Å². The largest absolute Gasteiger partial charge is 0.377 e. The molecule has 4 nitrogen and oxygen atoms in total. The number of urea groups is 1. The Bertz CT molecular complexity index is 679. The topological polar surface area (TPSA) is 41.6 Å². The van der Waals surface area contributed by atoms with E-state index in [9.17, 15) is 4.79 Å². The molecule has 2 saturated heterocycles. The lowest BCUT2D eigenvalue weighted by atomic mass is 10.0. The van der Waals surface area contributed by atoms with Crippen molar-refractivity contribution in [2.45, 2.75) is 31.5 Å². The number of hydrogen-bond donors (Lipinski definition) is 1. The smallest absolute Gasteiger partial charge is 0.318 e. The molecular weight excluding hydrogens is 276 g/mol. The van der Waals surface area contributed by atoms with Gasteiger partial charge in [-0.2, -0.15) is 0 Å². The number of rotatable bonds is 2. The van der Waals surface area contributed by atoms with Crippen molar-refractivity contribution in [3.63, 3.8) is 0 Å². The Morgan fingerprint density at radius 2 is 1.82 bits per heavy atom. The fourth-order valence-electron chi connectivity index (χ4n) is 3.67. The Hall–Kier alpha value is -2.07. The second-order valence-electron chi connectivity index (χ2n) is 6.13. The van der Waals surface area contributed by atoms with Crippen molar-refractivity contribution < 1.29 is 9.53 Å². The Morgan fingerprint density at radius 1 is 1.09 bits per heavy atom. The summed E-state index contributed by atoms with van der Waals surface area (Å²) in [5, 5.41) is 5.51. The standard InChI is InChI=1S/C18H20N2O2/c21-18(20-15-8-9-16(20)12-22-11-15)19-10-14-6-3-5-13-4-1-2-7-17(13)14/h1-7,15-16H,8-12H2,(H,19,21). The minimum absolute atomic E-state index is 0.0451. The van der Waals surface area contributed by atoms with Crippen molar-refractivity contribution in [1.82, 2.24) is 10.2 Å². The summed E-state index contributed by atoms with van der Waals surface area (Å²) < 4.78 is 5.54. The van der Waals surface area contributed by atoms with Crippen LogP contribution in [-0.2, 0) is 11.3 Å². The number of benzene rings is 2. The van der Waals surface area contributed by atoms with E-state index in [4.69, 9.17) is 4.74 Å². The zero-order valence-corrected chi connectivity index (χ0v) is 12.5. The van der Waals surface area contributed by atoms with E-state index in [1.807, 2.05) is 23.1 Å². The molecular formula is C18H20N2O2. The number of amides is 2. The molecule has 4 heteroatoms. The van der Waals surface area contributed by atoms with Gasteiger partial charge in [0.2, 0.25) is 0 Å². The average Bonchev–Trinajstić information content (AvgIpc) is 2.81. The average molecular weight is 296 g/mol. The van der Waals surface area contributed by atoms with Gasteiger partial charge >= 0.3 is 6.03 Å². The molecule has 4 rings (SSSR count). The first-order valence-electron chi connectivity index (χ1n) is 7.93. The quantitative estimate of drug-likeness (QED) is 0.926. The molecule has 22 heavy (non-hydrogen) atoms. The maximum absolute atomic E-state index is 12.5. The highest BCUT2D eigenvalue weighted by Gasteiger charge is 2.40. The highest BCUT2D eigenvalue weighted by Crippen LogP contribution is 2.28. The molecule has 2 atom stereocenters. The molecule has 2 aliphatic rings. The SMILES string of the molecule is O=C(NCc1cccc2ccccc12)N1C2CCC1COC2. The van der Waals surface area contributed by atoms with Crippen LogP contribution >= 0.6 is 0 Å². The van der Waals surface area contributed by atoms with E-state index >= 15 is 0 Å². The summed E-state index contributed by atoms with van der Waals surface area (Å²) in [4.78, 5) is 14.5. The van der Waals surface area contributed by atoms with Crippen LogP contribution in [-0.4, -0.2) is 36.2 Å². The molecule has 2 fully saturated rings. The Labute approximate surface area is 130 Å². The summed E-state index contributed by atoms with van der Waals surface area (Å²) in [6.07, 6.45) is 2.12. The maximum atomic E-state index is 12.5. The molecule has 0 aromatic heterocycles. The fraction of sp³-hybridized carbons (Fsp3) is 0.389. The zero-order chi connectivity index (χ0) is 14.9. The van der Waals surface area contributed by atoms with Crippen molar-refractivity contribution in [3.8, 4) is 0 Å². The van der Waals surface area contributed by atoms with Crippen LogP contribution in [0.25, 0.3) is 10.8 Å². The summed E-state index contributed by atoms with van der Waals surface area (Å²) in [6.45, 7) is 1.92. The number of nitrogens with one attached hydrogen (secondary N) is 1. The number of nitrogens with zero attached hydrogens (tertiary/aromatic N) is 1. The molecule has 114 valence electrons. The normalized spacial score (nSPS) is 23.7. The monoisotopic (exact) mass is 296 g/mol. The third-order valence-corrected chi connectivity index (χ3v) is 4.78. The second kappa shape index (κ2) is 5.61. The van der Waals surface area contributed by atoms with Crippen LogP contribution in [0, 0.1) is 0 Å². The lowest BCUT2D eigenvalue weighted by Crippen LogP contribution is -2.52. The van der Waals surface area contributed by atoms with Crippen LogP contribution in [0.3, 0.4) is 0 Å². The fourth-order valence-corrected chi connectivity index (χ4v) is 3.67. The van der Waals surface area contributed by atoms with Gasteiger partial charge in [-0.15, -0.1) is 0 Å². The Kier molecular flexibility index (Phi) is 3.47. The van der Waals surface area contributed by atoms with Crippen LogP contribution < -0.4 is 5.32 Å². The van der Waals surface area contributed by atoms with Crippen molar-refractivity contribution in [2.24, 2.45) is 0 Å². The van der Waals surface area contributed by atoms with E-state index in [0.717, 1.165) is 18.4 Å². The molecule has 2 amide bonds. The molecule has 2 bridgehead atoms. The van der Waals surface area contributed by atoms with Gasteiger partial charge in [0.15, 0.2) is 0 Å². The van der Waals surface area contributed by atoms with Gasteiger partial charge in [0.05, 0.1) is 25.3 Å². The van der Waals surface area contributed by atoms with Crippen LogP contribution in [0.2, 0.25) is 0 Å². The highest BCUT2D eigenvalue weighted by molar-refractivity contribution is 5.86. The maximum Gasteiger partial charge on any atom is 0.318 e. The third-order valence-electron chi connectivity index (χ3n) is 4.78. The molecule has 1 N–H and O–H groups in total. The Morgan fingerprint density at radius 3 is 2.64 bits per heavy atom. The van der Waals surface area contributed by atoms with Crippen LogP contribution in [0.5, 0.6) is 0 Å². The van der Waals surface area contributed by atoms with Crippen LogP contribution in [0.15, 0.2) is 42.5 Å². The molecule has 2 aromatic rings. The molecule has 2 aromatic carbocycles. The van der Waals surface area contributed by atoms with Gasteiger partial charge in [-0.05, 0) is 29.2 Å². The van der Waals surface area contributed by atoms with Crippen LogP contribution in [0.4, 0.5) is 4.79 Å². The molecule has 2 unspecified atom stereocenters. The predicted molar refractivity (Wildman–Crippen MR) is 85.7 cm³/mol. The first kappa shape index (κ1) is 13.6. The zero-order valence-electron chi connectivity index (χ0n) is 12.5. The number of morpholine rings is 1. The van der Waals surface area contributed by atoms with Crippen molar-refractivity contribution >= 4 is 16.8 Å². The van der Waals surface area contributed by atoms with Gasteiger partial charge in [-0.25, -0.2) is 4.79 Å². The van der Waals surface area contributed by atoms with Crippen molar-refractivity contribution in [3.05, 3.63) is 48.0 Å². The third kappa shape index (κ3) is 2.33. The molecule has 0 radical (unpaired) electrons. The number of carbonyl (C=O) groups excluding carboxylic acids is 1. The van der Waals surface area contributed by atoms with E-state index in [2.05, 4.69) is 29.6 Å². The first-order valence-corrected chi connectivity index (χ1v) is 7.93. The Balaban J connectivity index is 1.49. The first-order chi connectivity index (χ1) is 10.8. The highest BCUT2D eigenvalue weighted by atomic mass is 16.5. The summed E-state index contributed by atoms with van der Waals surface area (Å²) in [5.74, 6) is 0. The number of carbonyl (C=O) groups is 1. The van der Waals surface area contributed by atoms with E-state index in [1.165, 1.54) is 10.8 Å². The molecule has 2 heterocycles. The predicted octanol–water partition coefficient (Wildman–Crippen LogP) is 2.91. The minimum atomic E-state index is 0.0451. The second-order valence-corrected chi connectivity index (χ2v) is 6.13. The molecule has 0 aliphatic carbocycles. The lowest BCUT2D eigenvalue weighted by Gasteiger charge is -2.34. The van der Waals surface area contributed by atoms with Gasteiger partial charge in [-0.1, -0.05) is 42.5 Å². The van der Waals surface area contributed by atoms with E-state index in [1.54, 1.807) is 0 Å². The lowest BCUT2D eigenvalue weighted by molar-refractivity contribution is 0.00632. The summed E-state index contributed by atoms with van der Waals surface area (Å²) in [6, 6.07) is 15.1. The van der Waals surface area contributed by atoms with Gasteiger partial charge in [0, 0.05) is 6.54 Å². The molecule has 2 aliphatic heterocycles. The number of ether oxygens (including phenoxy) is 1. The van der Waals surface area contributed by atoms with E-state index in [-0.39, 0.29) is 18.1 Å². The van der Waals surface area contributed by atoms with Crippen LogP contribution in [0.1, 0.15) is 18.4 Å². The van der Waals surface area contributed by atoms with Gasteiger partial charge in [0.25, 0.3) is 0 Å². The summed E-state index contributed by atoms with van der Waals surface area (Å²) in [5.41, 5.74) is 1.16. The molecule has 0 spiro atoms. The van der Waals surface area contributed by atoms with Gasteiger partial charge in [-0.3, -0.25) is 0 Å². The van der Waals surface area contributed by atoms with Gasteiger partial charge in [0.1, 0.15) is 0 Å². The molecule has 0 saturated carbocycles. The minimum Gasteiger partial charge on any atom is -0.377 e. The van der Waals surface area contributed by atoms with Crippen molar-refractivity contribution in [1.29, 1.82) is 0 Å². The number of fused-ring (bicyclic) bond motifs is 3.